The Morgan fingerprint density at radius 2 is 2.12 bits per heavy atom. The molecule has 3 heterocycles. The average Bonchev–Trinajstić information content (AvgIpc) is 2.97. The molecule has 0 saturated carbocycles. The number of aromatic nitrogens is 2. The van der Waals surface area contributed by atoms with E-state index in [1.54, 1.807) is 4.52 Å². The maximum absolute atomic E-state index is 11.3. The summed E-state index contributed by atoms with van der Waals surface area (Å²) in [6.07, 6.45) is 5.85. The molecule has 0 radical (unpaired) electrons. The van der Waals surface area contributed by atoms with E-state index in [4.69, 9.17) is 5.73 Å². The van der Waals surface area contributed by atoms with Gasteiger partial charge in [-0.3, -0.25) is 4.79 Å². The van der Waals surface area contributed by atoms with Gasteiger partial charge in [0.05, 0.1) is 17.3 Å². The molecular weight excluding hydrogens is 216 g/mol. The lowest BCUT2D eigenvalue weighted by Gasteiger charge is -2.17. The third-order valence-corrected chi connectivity index (χ3v) is 3.24. The molecule has 2 N–H and O–H groups in total. The number of nitrogens with zero attached hydrogens (tertiary/aromatic N) is 3. The molecule has 1 aliphatic rings. The van der Waals surface area contributed by atoms with Crippen LogP contribution in [0.15, 0.2) is 24.5 Å². The zero-order chi connectivity index (χ0) is 11.8. The quantitative estimate of drug-likeness (QED) is 0.838. The number of hydrogen-bond acceptors (Lipinski definition) is 3. The van der Waals surface area contributed by atoms with Crippen LogP contribution >= 0.6 is 0 Å². The van der Waals surface area contributed by atoms with Crippen LogP contribution in [0.25, 0.3) is 5.52 Å². The van der Waals surface area contributed by atoms with Gasteiger partial charge in [0, 0.05) is 25.0 Å². The number of nitrogens with two attached hydrogens (primary N) is 1. The number of rotatable bonds is 2. The molecule has 1 fully saturated rings. The molecule has 0 atom stereocenters. The molecule has 2 aromatic rings. The number of fused-ring (bicyclic) bond motifs is 1. The smallest absolute Gasteiger partial charge is 0.252 e. The van der Waals surface area contributed by atoms with E-state index in [-0.39, 0.29) is 0 Å². The molecule has 2 aromatic heterocycles. The number of amides is 1. The fourth-order valence-electron chi connectivity index (χ4n) is 2.33. The van der Waals surface area contributed by atoms with E-state index in [0.717, 1.165) is 24.3 Å². The summed E-state index contributed by atoms with van der Waals surface area (Å²) >= 11 is 0. The highest BCUT2D eigenvalue weighted by atomic mass is 16.1. The summed E-state index contributed by atoms with van der Waals surface area (Å²) in [5.41, 5.74) is 7.72. The molecule has 1 aliphatic heterocycles. The summed E-state index contributed by atoms with van der Waals surface area (Å²) in [6, 6.07) is 4.01. The summed E-state index contributed by atoms with van der Waals surface area (Å²) < 4.78 is 1.68. The van der Waals surface area contributed by atoms with Crippen LogP contribution in [-0.2, 0) is 0 Å². The van der Waals surface area contributed by atoms with Gasteiger partial charge in [-0.2, -0.15) is 5.10 Å². The number of anilines is 1. The van der Waals surface area contributed by atoms with Crippen molar-refractivity contribution in [1.29, 1.82) is 0 Å². The first-order chi connectivity index (χ1) is 8.25. The molecule has 0 aromatic carbocycles. The monoisotopic (exact) mass is 230 g/mol. The number of pyridine rings is 1. The lowest BCUT2D eigenvalue weighted by molar-refractivity contribution is 0.100. The summed E-state index contributed by atoms with van der Waals surface area (Å²) in [4.78, 5) is 13.6. The van der Waals surface area contributed by atoms with Gasteiger partial charge in [0.15, 0.2) is 0 Å². The summed E-state index contributed by atoms with van der Waals surface area (Å²) in [5.74, 6) is -0.432. The zero-order valence-corrected chi connectivity index (χ0v) is 9.47. The van der Waals surface area contributed by atoms with E-state index < -0.39 is 5.91 Å². The first-order valence-corrected chi connectivity index (χ1v) is 5.78. The Morgan fingerprint density at radius 3 is 2.82 bits per heavy atom. The molecule has 3 rings (SSSR count). The van der Waals surface area contributed by atoms with E-state index in [2.05, 4.69) is 10.00 Å². The lowest BCUT2D eigenvalue weighted by atomic mass is 10.2. The number of carbonyl (C=O) groups is 1. The van der Waals surface area contributed by atoms with E-state index in [0.29, 0.717) is 5.56 Å². The molecule has 5 heteroatoms. The topological polar surface area (TPSA) is 63.6 Å². The van der Waals surface area contributed by atoms with Gasteiger partial charge in [-0.1, -0.05) is 0 Å². The van der Waals surface area contributed by atoms with Gasteiger partial charge in [-0.05, 0) is 25.0 Å². The largest absolute Gasteiger partial charge is 0.371 e. The van der Waals surface area contributed by atoms with Gasteiger partial charge in [0.1, 0.15) is 0 Å². The van der Waals surface area contributed by atoms with Crippen LogP contribution in [0.5, 0.6) is 0 Å². The van der Waals surface area contributed by atoms with E-state index in [1.807, 2.05) is 18.3 Å². The van der Waals surface area contributed by atoms with Crippen LogP contribution in [-0.4, -0.2) is 28.6 Å². The second-order valence-corrected chi connectivity index (χ2v) is 4.33. The summed E-state index contributed by atoms with van der Waals surface area (Å²) in [5, 5.41) is 4.10. The second kappa shape index (κ2) is 3.76. The normalized spacial score (nSPS) is 15.6. The fourth-order valence-corrected chi connectivity index (χ4v) is 2.33. The van der Waals surface area contributed by atoms with Crippen molar-refractivity contribution in [2.45, 2.75) is 12.8 Å². The first kappa shape index (κ1) is 10.1. The van der Waals surface area contributed by atoms with Crippen LogP contribution in [0.2, 0.25) is 0 Å². The molecule has 5 nitrogen and oxygen atoms in total. The zero-order valence-electron chi connectivity index (χ0n) is 9.47. The van der Waals surface area contributed by atoms with Crippen molar-refractivity contribution in [3.8, 4) is 0 Å². The maximum atomic E-state index is 11.3. The second-order valence-electron chi connectivity index (χ2n) is 4.33. The minimum atomic E-state index is -0.432. The highest BCUT2D eigenvalue weighted by Crippen LogP contribution is 2.22. The Labute approximate surface area is 98.8 Å². The molecule has 17 heavy (non-hydrogen) atoms. The van der Waals surface area contributed by atoms with Crippen molar-refractivity contribution < 1.29 is 4.79 Å². The fraction of sp³-hybridized carbons (Fsp3) is 0.333. The Kier molecular flexibility index (Phi) is 2.24. The molecule has 1 amide bonds. The predicted octanol–water partition coefficient (Wildman–Crippen LogP) is 1.03. The minimum Gasteiger partial charge on any atom is -0.371 e. The van der Waals surface area contributed by atoms with Crippen molar-refractivity contribution in [3.05, 3.63) is 30.1 Å². The predicted molar refractivity (Wildman–Crippen MR) is 65.2 cm³/mol. The summed E-state index contributed by atoms with van der Waals surface area (Å²) in [7, 11) is 0. The minimum absolute atomic E-state index is 0.432. The maximum Gasteiger partial charge on any atom is 0.252 e. The van der Waals surface area contributed by atoms with Gasteiger partial charge in [0.25, 0.3) is 5.91 Å². The highest BCUT2D eigenvalue weighted by Gasteiger charge is 2.15. The third-order valence-electron chi connectivity index (χ3n) is 3.24. The first-order valence-electron chi connectivity index (χ1n) is 5.78. The van der Waals surface area contributed by atoms with Crippen LogP contribution < -0.4 is 10.6 Å². The molecule has 1 saturated heterocycles. The van der Waals surface area contributed by atoms with E-state index in [1.165, 1.54) is 19.0 Å². The standard InChI is InChI=1S/C12H14N4O/c13-12(17)10-8-14-16-6-3-9(7-11(10)16)15-4-1-2-5-15/h3,6-8H,1-2,4-5H2,(H2,13,17). The Balaban J connectivity index is 2.09. The van der Waals surface area contributed by atoms with Gasteiger partial charge < -0.3 is 10.6 Å². The number of primary amides is 1. The van der Waals surface area contributed by atoms with Crippen LogP contribution in [0.1, 0.15) is 23.2 Å². The van der Waals surface area contributed by atoms with Crippen molar-refractivity contribution in [1.82, 2.24) is 9.61 Å². The Hall–Kier alpha value is -2.04. The van der Waals surface area contributed by atoms with Gasteiger partial charge in [0.2, 0.25) is 0 Å². The van der Waals surface area contributed by atoms with Crippen molar-refractivity contribution in [3.63, 3.8) is 0 Å². The number of carbonyl (C=O) groups excluding carboxylic acids is 1. The van der Waals surface area contributed by atoms with Crippen LogP contribution in [0, 0.1) is 0 Å². The summed E-state index contributed by atoms with van der Waals surface area (Å²) in [6.45, 7) is 2.16. The number of hydrogen-bond donors (Lipinski definition) is 1. The molecule has 0 bridgehead atoms. The lowest BCUT2D eigenvalue weighted by Crippen LogP contribution is -2.17. The average molecular weight is 230 g/mol. The van der Waals surface area contributed by atoms with Crippen LogP contribution in [0.4, 0.5) is 5.69 Å². The SMILES string of the molecule is NC(=O)c1cnn2ccc(N3CCCC3)cc12. The molecule has 0 aliphatic carbocycles. The molecule has 88 valence electrons. The van der Waals surface area contributed by atoms with Gasteiger partial charge >= 0.3 is 0 Å². The van der Waals surface area contributed by atoms with Crippen molar-refractivity contribution >= 4 is 17.1 Å². The van der Waals surface area contributed by atoms with E-state index >= 15 is 0 Å². The molecule has 0 unspecified atom stereocenters. The van der Waals surface area contributed by atoms with Gasteiger partial charge in [-0.25, -0.2) is 4.52 Å². The Morgan fingerprint density at radius 1 is 1.35 bits per heavy atom. The molecule has 0 spiro atoms. The van der Waals surface area contributed by atoms with Crippen LogP contribution in [0.3, 0.4) is 0 Å². The third kappa shape index (κ3) is 1.63. The highest BCUT2D eigenvalue weighted by molar-refractivity contribution is 5.99. The molecular formula is C12H14N4O. The Bertz CT molecular complexity index is 569. The van der Waals surface area contributed by atoms with E-state index in [9.17, 15) is 4.79 Å². The van der Waals surface area contributed by atoms with Crippen molar-refractivity contribution in [2.75, 3.05) is 18.0 Å². The van der Waals surface area contributed by atoms with Crippen molar-refractivity contribution in [2.24, 2.45) is 5.73 Å². The van der Waals surface area contributed by atoms with Gasteiger partial charge in [-0.15, -0.1) is 0 Å².